The Morgan fingerprint density at radius 1 is 1.07 bits per heavy atom. The number of hydrogen-bond acceptors (Lipinski definition) is 6. The largest absolute Gasteiger partial charge is 0.496 e. The zero-order valence-electron chi connectivity index (χ0n) is 17.2. The zero-order chi connectivity index (χ0) is 21.9. The molecule has 0 aliphatic carbocycles. The number of ketones is 1. The van der Waals surface area contributed by atoms with E-state index in [0.29, 0.717) is 28.0 Å². The number of rotatable bonds is 6. The lowest BCUT2D eigenvalue weighted by molar-refractivity contribution is -0.159. The molecule has 0 atom stereocenters. The van der Waals surface area contributed by atoms with Crippen molar-refractivity contribution in [3.8, 4) is 17.1 Å². The summed E-state index contributed by atoms with van der Waals surface area (Å²) in [5.74, 6) is -0.130. The zero-order valence-corrected chi connectivity index (χ0v) is 17.2. The van der Waals surface area contributed by atoms with Gasteiger partial charge in [0.2, 0.25) is 0 Å². The molecule has 0 unspecified atom stereocenters. The maximum absolute atomic E-state index is 12.7. The summed E-state index contributed by atoms with van der Waals surface area (Å²) in [4.78, 5) is 36.5. The van der Waals surface area contributed by atoms with E-state index in [1.165, 1.54) is 46.1 Å². The highest BCUT2D eigenvalue weighted by molar-refractivity contribution is 6.02. The third-order valence-electron chi connectivity index (χ3n) is 4.57. The van der Waals surface area contributed by atoms with Crippen LogP contribution in [0.2, 0.25) is 0 Å². The average molecular weight is 406 g/mol. The number of esters is 1. The lowest BCUT2D eigenvalue weighted by atomic mass is 10.0. The van der Waals surface area contributed by atoms with E-state index in [4.69, 9.17) is 13.9 Å². The molecule has 6 heteroatoms. The van der Waals surface area contributed by atoms with Crippen LogP contribution in [-0.2, 0) is 14.3 Å². The fraction of sp³-hybridized carbons (Fsp3) is 0.208. The number of fused-ring (bicyclic) bond motifs is 1. The Bertz CT molecular complexity index is 1190. The minimum atomic E-state index is -1.32. The minimum absolute atomic E-state index is 0.209. The fourth-order valence-corrected chi connectivity index (χ4v) is 3.07. The van der Waals surface area contributed by atoms with Gasteiger partial charge >= 0.3 is 5.97 Å². The smallest absolute Gasteiger partial charge is 0.303 e. The van der Waals surface area contributed by atoms with E-state index < -0.39 is 17.4 Å². The van der Waals surface area contributed by atoms with Crippen molar-refractivity contribution < 1.29 is 23.5 Å². The molecule has 0 saturated heterocycles. The standard InChI is InChI=1S/C24H22O6/c1-15(25)30-24(2,3)22(27)13-11-18-20(28-4)12-10-17-19(26)14-21(29-23(17)18)16-8-6-5-7-9-16/h5-14H,1-4H3/b13-11+. The number of methoxy groups -OCH3 is 1. The van der Waals surface area contributed by atoms with E-state index in [1.807, 2.05) is 30.3 Å². The number of carbonyl (C=O) groups is 2. The molecule has 30 heavy (non-hydrogen) atoms. The SMILES string of the molecule is COc1ccc2c(=O)cc(-c3ccccc3)oc2c1/C=C/C(=O)C(C)(C)OC(C)=O. The Labute approximate surface area is 173 Å². The highest BCUT2D eigenvalue weighted by Gasteiger charge is 2.28. The topological polar surface area (TPSA) is 82.8 Å². The minimum Gasteiger partial charge on any atom is -0.496 e. The summed E-state index contributed by atoms with van der Waals surface area (Å²) < 4.78 is 16.6. The second kappa shape index (κ2) is 8.37. The molecule has 0 aliphatic rings. The van der Waals surface area contributed by atoms with Crippen LogP contribution < -0.4 is 10.2 Å². The summed E-state index contributed by atoms with van der Waals surface area (Å²) in [6, 6.07) is 13.9. The normalized spacial score (nSPS) is 11.6. The van der Waals surface area contributed by atoms with Gasteiger partial charge < -0.3 is 13.9 Å². The molecule has 6 nitrogen and oxygen atoms in total. The molecule has 0 saturated carbocycles. The van der Waals surface area contributed by atoms with Gasteiger partial charge in [-0.25, -0.2) is 0 Å². The van der Waals surface area contributed by atoms with Crippen molar-refractivity contribution in [3.05, 3.63) is 70.4 Å². The van der Waals surface area contributed by atoms with Crippen molar-refractivity contribution >= 4 is 28.8 Å². The lowest BCUT2D eigenvalue weighted by Gasteiger charge is -2.21. The molecule has 2 aromatic carbocycles. The molecule has 3 rings (SSSR count). The molecule has 154 valence electrons. The van der Waals surface area contributed by atoms with E-state index in [1.54, 1.807) is 12.1 Å². The van der Waals surface area contributed by atoms with Crippen molar-refractivity contribution in [1.29, 1.82) is 0 Å². The molecule has 1 heterocycles. The quantitative estimate of drug-likeness (QED) is 0.446. The summed E-state index contributed by atoms with van der Waals surface area (Å²) in [5, 5.41) is 0.363. The number of ether oxygens (including phenoxy) is 2. The van der Waals surface area contributed by atoms with E-state index in [0.717, 1.165) is 5.56 Å². The second-order valence-corrected chi connectivity index (χ2v) is 7.20. The molecule has 3 aromatic rings. The van der Waals surface area contributed by atoms with Gasteiger partial charge in [-0.2, -0.15) is 0 Å². The van der Waals surface area contributed by atoms with Crippen LogP contribution in [0.5, 0.6) is 5.75 Å². The fourth-order valence-electron chi connectivity index (χ4n) is 3.07. The predicted octanol–water partition coefficient (Wildman–Crippen LogP) is 4.39. The summed E-state index contributed by atoms with van der Waals surface area (Å²) in [6.07, 6.45) is 2.79. The van der Waals surface area contributed by atoms with Crippen molar-refractivity contribution in [2.45, 2.75) is 26.4 Å². The lowest BCUT2D eigenvalue weighted by Crippen LogP contribution is -2.35. The van der Waals surface area contributed by atoms with Crippen LogP contribution in [0.3, 0.4) is 0 Å². The molecular formula is C24H22O6. The Kier molecular flexibility index (Phi) is 5.87. The number of carbonyl (C=O) groups excluding carboxylic acids is 2. The van der Waals surface area contributed by atoms with Crippen LogP contribution in [0, 0.1) is 0 Å². The first-order valence-corrected chi connectivity index (χ1v) is 9.35. The Hall–Kier alpha value is -3.67. The highest BCUT2D eigenvalue weighted by atomic mass is 16.6. The first kappa shape index (κ1) is 21.0. The molecule has 0 bridgehead atoms. The third kappa shape index (κ3) is 4.33. The Morgan fingerprint density at radius 3 is 2.40 bits per heavy atom. The third-order valence-corrected chi connectivity index (χ3v) is 4.57. The summed E-state index contributed by atoms with van der Waals surface area (Å²) in [6.45, 7) is 4.26. The average Bonchev–Trinajstić information content (AvgIpc) is 2.71. The maximum Gasteiger partial charge on any atom is 0.303 e. The van der Waals surface area contributed by atoms with Crippen LogP contribution >= 0.6 is 0 Å². The summed E-state index contributed by atoms with van der Waals surface area (Å²) in [7, 11) is 1.49. The van der Waals surface area contributed by atoms with Crippen LogP contribution in [0.15, 0.2) is 63.8 Å². The van der Waals surface area contributed by atoms with E-state index in [-0.39, 0.29) is 5.43 Å². The Balaban J connectivity index is 2.15. The van der Waals surface area contributed by atoms with Crippen LogP contribution in [0.4, 0.5) is 0 Å². The Morgan fingerprint density at radius 2 is 1.77 bits per heavy atom. The van der Waals surface area contributed by atoms with Gasteiger partial charge in [0, 0.05) is 18.6 Å². The van der Waals surface area contributed by atoms with Gasteiger partial charge in [0.05, 0.1) is 18.1 Å². The molecule has 0 fully saturated rings. The van der Waals surface area contributed by atoms with E-state index >= 15 is 0 Å². The van der Waals surface area contributed by atoms with E-state index in [9.17, 15) is 14.4 Å². The van der Waals surface area contributed by atoms with Crippen LogP contribution in [0.1, 0.15) is 26.3 Å². The molecule has 0 N–H and O–H groups in total. The van der Waals surface area contributed by atoms with E-state index in [2.05, 4.69) is 0 Å². The van der Waals surface area contributed by atoms with Gasteiger partial charge in [-0.05, 0) is 38.1 Å². The summed E-state index contributed by atoms with van der Waals surface area (Å²) >= 11 is 0. The monoisotopic (exact) mass is 406 g/mol. The first-order valence-electron chi connectivity index (χ1n) is 9.35. The molecule has 0 spiro atoms. The van der Waals surface area contributed by atoms with Gasteiger partial charge in [-0.15, -0.1) is 0 Å². The van der Waals surface area contributed by atoms with Crippen LogP contribution in [0.25, 0.3) is 28.4 Å². The number of benzene rings is 2. The molecule has 0 aliphatic heterocycles. The summed E-state index contributed by atoms with van der Waals surface area (Å²) in [5.41, 5.74) is -0.0388. The maximum atomic E-state index is 12.7. The molecule has 0 amide bonds. The van der Waals surface area contributed by atoms with Crippen molar-refractivity contribution in [3.63, 3.8) is 0 Å². The van der Waals surface area contributed by atoms with Crippen LogP contribution in [-0.4, -0.2) is 24.5 Å². The van der Waals surface area contributed by atoms with Gasteiger partial charge in [-0.1, -0.05) is 30.3 Å². The molecular weight excluding hydrogens is 384 g/mol. The first-order chi connectivity index (χ1) is 14.2. The van der Waals surface area contributed by atoms with Gasteiger partial charge in [-0.3, -0.25) is 14.4 Å². The van der Waals surface area contributed by atoms with Crippen molar-refractivity contribution in [2.75, 3.05) is 7.11 Å². The predicted molar refractivity (Wildman–Crippen MR) is 114 cm³/mol. The van der Waals surface area contributed by atoms with Gasteiger partial charge in [0.15, 0.2) is 16.8 Å². The van der Waals surface area contributed by atoms with Gasteiger partial charge in [0.1, 0.15) is 17.1 Å². The van der Waals surface area contributed by atoms with Gasteiger partial charge in [0.25, 0.3) is 0 Å². The highest BCUT2D eigenvalue weighted by Crippen LogP contribution is 2.31. The second-order valence-electron chi connectivity index (χ2n) is 7.20. The molecule has 0 radical (unpaired) electrons. The van der Waals surface area contributed by atoms with Crippen molar-refractivity contribution in [2.24, 2.45) is 0 Å². The van der Waals surface area contributed by atoms with Crippen molar-refractivity contribution in [1.82, 2.24) is 0 Å². The molecule has 1 aromatic heterocycles. The number of hydrogen-bond donors (Lipinski definition) is 0.